The van der Waals surface area contributed by atoms with Crippen LogP contribution in [-0.4, -0.2) is 53.9 Å². The van der Waals surface area contributed by atoms with Crippen LogP contribution >= 0.6 is 0 Å². The number of ketones is 1. The number of hydrogen-bond donors (Lipinski definition) is 1. The smallest absolute Gasteiger partial charge is 0.416 e. The van der Waals surface area contributed by atoms with Crippen LogP contribution in [0, 0.1) is 0 Å². The summed E-state index contributed by atoms with van der Waals surface area (Å²) in [5, 5.41) is 3.06. The number of methoxy groups -OCH3 is 2. The SMILES string of the molecule is COc1ccc(C2(CCOS(C)(=O)=O)CCCNC(C(=O)Cc3cc(C(F)(F)F)cc(C(F)(F)F)c3)C2)cc1OC. The number of alkyl halides is 6. The van der Waals surface area contributed by atoms with Gasteiger partial charge in [0.15, 0.2) is 17.3 Å². The minimum absolute atomic E-state index is 0.0156. The van der Waals surface area contributed by atoms with E-state index in [1.165, 1.54) is 14.2 Å². The molecule has 1 saturated heterocycles. The van der Waals surface area contributed by atoms with Crippen molar-refractivity contribution in [1.82, 2.24) is 5.32 Å². The van der Waals surface area contributed by atoms with Gasteiger partial charge < -0.3 is 14.8 Å². The number of benzene rings is 2. The fourth-order valence-electron chi connectivity index (χ4n) is 5.13. The summed E-state index contributed by atoms with van der Waals surface area (Å²) in [5.41, 5.74) is -3.57. The molecule has 0 amide bonds. The molecule has 0 spiro atoms. The molecule has 1 aliphatic rings. The second-order valence-electron chi connectivity index (χ2n) is 10.00. The predicted molar refractivity (Wildman–Crippen MR) is 137 cm³/mol. The lowest BCUT2D eigenvalue weighted by Crippen LogP contribution is -2.42. The zero-order valence-electron chi connectivity index (χ0n) is 22.6. The number of hydrogen-bond acceptors (Lipinski definition) is 7. The number of Topliss-reactive ketones (excluding diaryl/α,β-unsaturated/α-hetero) is 1. The van der Waals surface area contributed by atoms with Gasteiger partial charge >= 0.3 is 12.4 Å². The summed E-state index contributed by atoms with van der Waals surface area (Å²) in [6.07, 6.45) is -8.59. The fourth-order valence-corrected chi connectivity index (χ4v) is 5.52. The van der Waals surface area contributed by atoms with Crippen molar-refractivity contribution in [3.8, 4) is 11.5 Å². The Bertz CT molecular complexity index is 1310. The average molecular weight is 612 g/mol. The first kappa shape index (κ1) is 32.7. The molecule has 2 aromatic rings. The van der Waals surface area contributed by atoms with Crippen LogP contribution in [0.15, 0.2) is 36.4 Å². The Kier molecular flexibility index (Phi) is 10.0. The lowest BCUT2D eigenvalue weighted by molar-refractivity contribution is -0.143. The Morgan fingerprint density at radius 3 is 2.12 bits per heavy atom. The minimum Gasteiger partial charge on any atom is -0.493 e. The fraction of sp³-hybridized carbons (Fsp3) is 0.519. The minimum atomic E-state index is -5.04. The lowest BCUT2D eigenvalue weighted by Gasteiger charge is -2.35. The van der Waals surface area contributed by atoms with Crippen molar-refractivity contribution < 1.29 is 53.2 Å². The first-order chi connectivity index (χ1) is 19.0. The van der Waals surface area contributed by atoms with Gasteiger partial charge in [-0.2, -0.15) is 34.8 Å². The van der Waals surface area contributed by atoms with Gasteiger partial charge in [-0.05, 0) is 79.1 Å². The summed E-state index contributed by atoms with van der Waals surface area (Å²) >= 11 is 0. The van der Waals surface area contributed by atoms with Gasteiger partial charge in [-0.15, -0.1) is 0 Å². The van der Waals surface area contributed by atoms with Crippen molar-refractivity contribution >= 4 is 15.9 Å². The second-order valence-corrected chi connectivity index (χ2v) is 11.6. The van der Waals surface area contributed by atoms with Gasteiger partial charge in [0.2, 0.25) is 0 Å². The molecular weight excluding hydrogens is 580 g/mol. The molecule has 14 heteroatoms. The summed E-state index contributed by atoms with van der Waals surface area (Å²) in [6.45, 7) is 0.130. The number of rotatable bonds is 10. The molecule has 1 N–H and O–H groups in total. The highest BCUT2D eigenvalue weighted by atomic mass is 32.2. The van der Waals surface area contributed by atoms with Crippen molar-refractivity contribution in [3.63, 3.8) is 0 Å². The highest BCUT2D eigenvalue weighted by molar-refractivity contribution is 7.85. The van der Waals surface area contributed by atoms with E-state index in [-0.39, 0.29) is 25.5 Å². The lowest BCUT2D eigenvalue weighted by atomic mass is 9.70. The molecule has 41 heavy (non-hydrogen) atoms. The number of ether oxygens (including phenoxy) is 2. The highest BCUT2D eigenvalue weighted by Gasteiger charge is 2.40. The van der Waals surface area contributed by atoms with Crippen LogP contribution in [0.25, 0.3) is 0 Å². The topological polar surface area (TPSA) is 90.9 Å². The second kappa shape index (κ2) is 12.6. The van der Waals surface area contributed by atoms with Gasteiger partial charge in [0.25, 0.3) is 10.1 Å². The van der Waals surface area contributed by atoms with Gasteiger partial charge in [-0.1, -0.05) is 6.07 Å². The number of halogens is 6. The molecule has 0 aliphatic carbocycles. The van der Waals surface area contributed by atoms with Gasteiger partial charge in [0, 0.05) is 6.42 Å². The van der Waals surface area contributed by atoms with Gasteiger partial charge in [-0.3, -0.25) is 8.98 Å². The van der Waals surface area contributed by atoms with Crippen LogP contribution in [0.4, 0.5) is 26.3 Å². The summed E-state index contributed by atoms with van der Waals surface area (Å²) in [4.78, 5) is 13.4. The van der Waals surface area contributed by atoms with Gasteiger partial charge in [0.05, 0.1) is 44.3 Å². The Labute approximate surface area is 234 Å². The van der Waals surface area contributed by atoms with E-state index < -0.39 is 62.8 Å². The molecule has 228 valence electrons. The molecule has 0 radical (unpaired) electrons. The third kappa shape index (κ3) is 8.58. The zero-order chi connectivity index (χ0) is 30.6. The van der Waals surface area contributed by atoms with Crippen LogP contribution < -0.4 is 14.8 Å². The summed E-state index contributed by atoms with van der Waals surface area (Å²) in [6, 6.07) is 5.26. The highest BCUT2D eigenvalue weighted by Crippen LogP contribution is 2.43. The van der Waals surface area contributed by atoms with Crippen LogP contribution in [0.3, 0.4) is 0 Å². The van der Waals surface area contributed by atoms with Crippen molar-refractivity contribution in [2.45, 2.75) is 55.9 Å². The van der Waals surface area contributed by atoms with E-state index in [0.29, 0.717) is 48.6 Å². The average Bonchev–Trinajstić information content (AvgIpc) is 3.10. The molecule has 0 saturated carbocycles. The number of nitrogens with one attached hydrogen (secondary N) is 1. The molecule has 2 unspecified atom stereocenters. The third-order valence-corrected chi connectivity index (χ3v) is 7.70. The Hall–Kier alpha value is -2.84. The van der Waals surface area contributed by atoms with Crippen LogP contribution in [0.1, 0.15) is 47.9 Å². The van der Waals surface area contributed by atoms with Crippen molar-refractivity contribution in [2.24, 2.45) is 0 Å². The monoisotopic (exact) mass is 611 g/mol. The summed E-state index contributed by atoms with van der Waals surface area (Å²) in [7, 11) is -0.890. The number of carbonyl (C=O) groups is 1. The molecule has 0 bridgehead atoms. The molecule has 1 fully saturated rings. The van der Waals surface area contributed by atoms with E-state index in [1.54, 1.807) is 18.2 Å². The van der Waals surface area contributed by atoms with Crippen LogP contribution in [0.2, 0.25) is 0 Å². The number of carbonyl (C=O) groups excluding carboxylic acids is 1. The Morgan fingerprint density at radius 1 is 0.976 bits per heavy atom. The molecule has 1 aliphatic heterocycles. The predicted octanol–water partition coefficient (Wildman–Crippen LogP) is 5.30. The Balaban J connectivity index is 1.99. The molecule has 0 aromatic heterocycles. The molecular formula is C27H31F6NO6S. The maximum atomic E-state index is 13.4. The molecule has 2 atom stereocenters. The summed E-state index contributed by atoms with van der Waals surface area (Å²) < 4.78 is 119. The van der Waals surface area contributed by atoms with E-state index in [0.717, 1.165) is 6.26 Å². The maximum absolute atomic E-state index is 13.4. The van der Waals surface area contributed by atoms with E-state index in [4.69, 9.17) is 13.7 Å². The van der Waals surface area contributed by atoms with Crippen LogP contribution in [-0.2, 0) is 43.3 Å². The maximum Gasteiger partial charge on any atom is 0.416 e. The van der Waals surface area contributed by atoms with E-state index in [1.807, 2.05) is 0 Å². The quantitative estimate of drug-likeness (QED) is 0.288. The van der Waals surface area contributed by atoms with Gasteiger partial charge in [0.1, 0.15) is 0 Å². The van der Waals surface area contributed by atoms with Crippen molar-refractivity contribution in [3.05, 3.63) is 58.7 Å². The zero-order valence-corrected chi connectivity index (χ0v) is 23.4. The van der Waals surface area contributed by atoms with E-state index in [2.05, 4.69) is 5.32 Å². The first-order valence-electron chi connectivity index (χ1n) is 12.6. The van der Waals surface area contributed by atoms with Crippen molar-refractivity contribution in [2.75, 3.05) is 33.6 Å². The standard InChI is InChI=1S/C27H31F6NO6S/c1-38-23-6-5-18(15-24(23)39-2)25(8-10-40-41(3,36)37)7-4-9-34-21(16-25)22(35)13-17-11-19(26(28,29)30)14-20(12-17)27(31,32)33/h5-6,11-12,14-15,21,34H,4,7-10,13,16H2,1-3H3. The van der Waals surface area contributed by atoms with Crippen LogP contribution in [0.5, 0.6) is 11.5 Å². The molecule has 3 rings (SSSR count). The molecule has 2 aromatic carbocycles. The van der Waals surface area contributed by atoms with Crippen molar-refractivity contribution in [1.29, 1.82) is 0 Å². The van der Waals surface area contributed by atoms with E-state index in [9.17, 15) is 39.6 Å². The third-order valence-electron chi connectivity index (χ3n) is 7.11. The van der Waals surface area contributed by atoms with E-state index >= 15 is 0 Å². The Morgan fingerprint density at radius 2 is 1.59 bits per heavy atom. The first-order valence-corrected chi connectivity index (χ1v) is 14.4. The largest absolute Gasteiger partial charge is 0.493 e. The summed E-state index contributed by atoms with van der Waals surface area (Å²) in [5.74, 6) is 0.216. The van der Waals surface area contributed by atoms with Gasteiger partial charge in [-0.25, -0.2) is 0 Å². The molecule has 7 nitrogen and oxygen atoms in total. The molecule has 1 heterocycles. The normalized spacial score (nSPS) is 20.4.